The summed E-state index contributed by atoms with van der Waals surface area (Å²) in [6.07, 6.45) is 4.93. The van der Waals surface area contributed by atoms with Crippen molar-refractivity contribution in [1.29, 1.82) is 0 Å². The minimum atomic E-state index is -0.503. The molecule has 0 aliphatic heterocycles. The van der Waals surface area contributed by atoms with E-state index in [1.54, 1.807) is 43.1 Å². The standard InChI is InChI=1S/C17H19ClN4O4S/c1-22-10-14(18)16(21-22)17(24)20-19-9-12-3-5-13(6-4-12)26-11-15(23)25-7-8-27-2/h3-6,9-10H,7-8,11H2,1-2H3,(H,20,24)/b19-9-. The number of carbonyl (C=O) groups excluding carboxylic acids is 2. The van der Waals surface area contributed by atoms with Gasteiger partial charge in [0.1, 0.15) is 12.4 Å². The van der Waals surface area contributed by atoms with E-state index in [0.29, 0.717) is 12.4 Å². The average molecular weight is 411 g/mol. The molecule has 1 N–H and O–H groups in total. The molecule has 10 heteroatoms. The number of hydrogen-bond donors (Lipinski definition) is 1. The Morgan fingerprint density at radius 1 is 1.37 bits per heavy atom. The van der Waals surface area contributed by atoms with Crippen LogP contribution in [0.2, 0.25) is 5.02 Å². The van der Waals surface area contributed by atoms with E-state index >= 15 is 0 Å². The summed E-state index contributed by atoms with van der Waals surface area (Å²) in [6, 6.07) is 6.84. The lowest BCUT2D eigenvalue weighted by Gasteiger charge is -2.06. The van der Waals surface area contributed by atoms with Crippen molar-refractivity contribution in [1.82, 2.24) is 15.2 Å². The van der Waals surface area contributed by atoms with Crippen molar-refractivity contribution in [3.8, 4) is 5.75 Å². The second-order valence-electron chi connectivity index (χ2n) is 5.27. The summed E-state index contributed by atoms with van der Waals surface area (Å²) < 4.78 is 11.8. The molecular weight excluding hydrogens is 392 g/mol. The van der Waals surface area contributed by atoms with Crippen LogP contribution in [0.5, 0.6) is 5.75 Å². The summed E-state index contributed by atoms with van der Waals surface area (Å²) in [7, 11) is 1.67. The second-order valence-corrected chi connectivity index (χ2v) is 6.66. The fraction of sp³-hybridized carbons (Fsp3) is 0.294. The van der Waals surface area contributed by atoms with Crippen molar-refractivity contribution < 1.29 is 19.1 Å². The third-order valence-corrected chi connectivity index (χ3v) is 4.02. The number of carbonyl (C=O) groups is 2. The minimum absolute atomic E-state index is 0.101. The van der Waals surface area contributed by atoms with Crippen molar-refractivity contribution in [3.05, 3.63) is 46.7 Å². The second kappa shape index (κ2) is 10.6. The molecule has 1 aromatic carbocycles. The van der Waals surface area contributed by atoms with Crippen molar-refractivity contribution in [2.45, 2.75) is 0 Å². The van der Waals surface area contributed by atoms with Crippen molar-refractivity contribution in [3.63, 3.8) is 0 Å². The maximum atomic E-state index is 11.9. The van der Waals surface area contributed by atoms with E-state index in [0.717, 1.165) is 11.3 Å². The number of amides is 1. The van der Waals surface area contributed by atoms with Crippen molar-refractivity contribution >= 4 is 41.5 Å². The number of ether oxygens (including phenoxy) is 2. The zero-order valence-corrected chi connectivity index (χ0v) is 16.4. The van der Waals surface area contributed by atoms with E-state index in [2.05, 4.69) is 15.6 Å². The Bertz CT molecular complexity index is 808. The third-order valence-electron chi connectivity index (χ3n) is 3.17. The van der Waals surface area contributed by atoms with Gasteiger partial charge in [-0.15, -0.1) is 0 Å². The number of nitrogens with zero attached hydrogens (tertiary/aromatic N) is 3. The van der Waals surface area contributed by atoms with Gasteiger partial charge in [0.2, 0.25) is 0 Å². The number of aromatic nitrogens is 2. The Hall–Kier alpha value is -2.52. The van der Waals surface area contributed by atoms with Crippen LogP contribution in [0, 0.1) is 0 Å². The molecule has 1 heterocycles. The largest absolute Gasteiger partial charge is 0.482 e. The van der Waals surface area contributed by atoms with E-state index in [-0.39, 0.29) is 17.3 Å². The van der Waals surface area contributed by atoms with Crippen molar-refractivity contribution in [2.24, 2.45) is 12.1 Å². The predicted molar refractivity (Wildman–Crippen MR) is 105 cm³/mol. The normalized spacial score (nSPS) is 10.8. The topological polar surface area (TPSA) is 94.8 Å². The van der Waals surface area contributed by atoms with Gasteiger partial charge in [-0.2, -0.15) is 22.0 Å². The third kappa shape index (κ3) is 6.95. The number of nitrogens with one attached hydrogen (secondary N) is 1. The molecular formula is C17H19ClN4O4S. The lowest BCUT2D eigenvalue weighted by molar-refractivity contribution is -0.145. The number of hydrogen-bond acceptors (Lipinski definition) is 7. The summed E-state index contributed by atoms with van der Waals surface area (Å²) in [5, 5.41) is 8.06. The molecule has 0 fully saturated rings. The van der Waals surface area contributed by atoms with Gasteiger partial charge in [0, 0.05) is 19.0 Å². The van der Waals surface area contributed by atoms with Crippen LogP contribution < -0.4 is 10.2 Å². The maximum Gasteiger partial charge on any atom is 0.344 e. The summed E-state index contributed by atoms with van der Waals surface area (Å²) in [6.45, 7) is 0.219. The van der Waals surface area contributed by atoms with Crippen LogP contribution in [0.3, 0.4) is 0 Å². The number of aryl methyl sites for hydroxylation is 1. The van der Waals surface area contributed by atoms with Gasteiger partial charge in [0.15, 0.2) is 12.3 Å². The monoisotopic (exact) mass is 410 g/mol. The van der Waals surface area contributed by atoms with Crippen LogP contribution in [-0.2, 0) is 16.6 Å². The van der Waals surface area contributed by atoms with Crippen LogP contribution in [-0.4, -0.2) is 53.1 Å². The molecule has 1 aromatic heterocycles. The van der Waals surface area contributed by atoms with Crippen LogP contribution in [0.4, 0.5) is 0 Å². The van der Waals surface area contributed by atoms with Crippen LogP contribution in [0.1, 0.15) is 16.1 Å². The Balaban J connectivity index is 1.79. The molecule has 0 bridgehead atoms. The van der Waals surface area contributed by atoms with Gasteiger partial charge in [-0.3, -0.25) is 9.48 Å². The quantitative estimate of drug-likeness (QED) is 0.294. The molecule has 27 heavy (non-hydrogen) atoms. The first-order valence-electron chi connectivity index (χ1n) is 7.89. The van der Waals surface area contributed by atoms with E-state index < -0.39 is 11.9 Å². The molecule has 0 atom stereocenters. The Morgan fingerprint density at radius 2 is 2.11 bits per heavy atom. The average Bonchev–Trinajstić information content (AvgIpc) is 2.99. The molecule has 0 radical (unpaired) electrons. The molecule has 8 nitrogen and oxygen atoms in total. The minimum Gasteiger partial charge on any atom is -0.482 e. The number of halogens is 1. The van der Waals surface area contributed by atoms with E-state index in [4.69, 9.17) is 21.1 Å². The highest BCUT2D eigenvalue weighted by atomic mass is 35.5. The zero-order chi connectivity index (χ0) is 19.6. The summed E-state index contributed by atoms with van der Waals surface area (Å²) >= 11 is 7.50. The highest BCUT2D eigenvalue weighted by molar-refractivity contribution is 7.98. The highest BCUT2D eigenvalue weighted by Gasteiger charge is 2.13. The number of thioether (sulfide) groups is 1. The van der Waals surface area contributed by atoms with E-state index in [1.165, 1.54) is 17.1 Å². The highest BCUT2D eigenvalue weighted by Crippen LogP contribution is 2.13. The number of hydrazone groups is 1. The number of esters is 1. The van der Waals surface area contributed by atoms with Gasteiger partial charge < -0.3 is 9.47 Å². The molecule has 1 amide bonds. The summed E-state index contributed by atoms with van der Waals surface area (Å²) in [5.41, 5.74) is 3.19. The Kier molecular flexibility index (Phi) is 8.15. The van der Waals surface area contributed by atoms with Gasteiger partial charge in [-0.25, -0.2) is 10.2 Å². The van der Waals surface area contributed by atoms with Crippen LogP contribution >= 0.6 is 23.4 Å². The van der Waals surface area contributed by atoms with Gasteiger partial charge in [-0.1, -0.05) is 11.6 Å². The first kappa shape index (κ1) is 20.8. The lowest BCUT2D eigenvalue weighted by Crippen LogP contribution is -2.18. The molecule has 0 spiro atoms. The molecule has 2 aromatic rings. The van der Waals surface area contributed by atoms with E-state index in [9.17, 15) is 9.59 Å². The molecule has 0 aliphatic rings. The van der Waals surface area contributed by atoms with Crippen molar-refractivity contribution in [2.75, 3.05) is 25.2 Å². The summed E-state index contributed by atoms with van der Waals surface area (Å²) in [4.78, 5) is 23.4. The summed E-state index contributed by atoms with van der Waals surface area (Å²) in [5.74, 6) is 0.365. The predicted octanol–water partition coefficient (Wildman–Crippen LogP) is 2.12. The fourth-order valence-electron chi connectivity index (χ4n) is 1.90. The molecule has 0 aliphatic carbocycles. The van der Waals surface area contributed by atoms with E-state index in [1.807, 2.05) is 6.26 Å². The molecule has 0 unspecified atom stereocenters. The first-order chi connectivity index (χ1) is 13.0. The first-order valence-corrected chi connectivity index (χ1v) is 9.66. The van der Waals surface area contributed by atoms with Gasteiger partial charge >= 0.3 is 5.97 Å². The van der Waals surface area contributed by atoms with Gasteiger partial charge in [-0.05, 0) is 36.1 Å². The van der Waals surface area contributed by atoms with Gasteiger partial charge in [0.05, 0.1) is 11.2 Å². The Morgan fingerprint density at radius 3 is 2.74 bits per heavy atom. The maximum absolute atomic E-state index is 11.9. The zero-order valence-electron chi connectivity index (χ0n) is 14.8. The fourth-order valence-corrected chi connectivity index (χ4v) is 2.42. The Labute approximate surface area is 165 Å². The lowest BCUT2D eigenvalue weighted by atomic mass is 10.2. The van der Waals surface area contributed by atoms with Crippen LogP contribution in [0.25, 0.3) is 0 Å². The van der Waals surface area contributed by atoms with Gasteiger partial charge in [0.25, 0.3) is 5.91 Å². The molecule has 0 saturated carbocycles. The number of benzene rings is 1. The number of rotatable bonds is 9. The SMILES string of the molecule is CSCCOC(=O)COc1ccc(/C=N\NC(=O)c2nn(C)cc2Cl)cc1. The molecule has 0 saturated heterocycles. The smallest absolute Gasteiger partial charge is 0.344 e. The molecule has 2 rings (SSSR count). The molecule has 144 valence electrons. The van der Waals surface area contributed by atoms with Crippen LogP contribution in [0.15, 0.2) is 35.6 Å².